The van der Waals surface area contributed by atoms with Crippen molar-refractivity contribution in [1.29, 1.82) is 0 Å². The number of terminal acetylenes is 1. The van der Waals surface area contributed by atoms with Crippen molar-refractivity contribution in [2.24, 2.45) is 0 Å². The maximum atomic E-state index is 10.7. The van der Waals surface area contributed by atoms with Crippen LogP contribution in [0.15, 0.2) is 24.3 Å². The first-order chi connectivity index (χ1) is 14.9. The van der Waals surface area contributed by atoms with Gasteiger partial charge in [0.15, 0.2) is 0 Å². The summed E-state index contributed by atoms with van der Waals surface area (Å²) in [7, 11) is 0. The summed E-state index contributed by atoms with van der Waals surface area (Å²) in [5, 5.41) is 0. The molecule has 0 aromatic heterocycles. The normalized spacial score (nSPS) is 10.6. The highest BCUT2D eigenvalue weighted by Crippen LogP contribution is 2.11. The highest BCUT2D eigenvalue weighted by atomic mass is 16.6. The lowest BCUT2D eigenvalue weighted by atomic mass is 10.2. The van der Waals surface area contributed by atoms with Crippen molar-refractivity contribution in [1.82, 2.24) is 0 Å². The van der Waals surface area contributed by atoms with Gasteiger partial charge in [-0.15, -0.1) is 6.42 Å². The van der Waals surface area contributed by atoms with Crippen LogP contribution in [0.2, 0.25) is 0 Å². The summed E-state index contributed by atoms with van der Waals surface area (Å²) in [6, 6.07) is 6.99. The van der Waals surface area contributed by atoms with Crippen LogP contribution in [0.5, 0.6) is 5.75 Å². The Hall–Kier alpha value is -1.99. The van der Waals surface area contributed by atoms with E-state index in [9.17, 15) is 4.79 Å². The molecular weight excluding hydrogens is 392 g/mol. The molecule has 0 bridgehead atoms. The van der Waals surface area contributed by atoms with Crippen molar-refractivity contribution < 1.29 is 38.0 Å². The third-order valence-corrected chi connectivity index (χ3v) is 3.54. The summed E-state index contributed by atoms with van der Waals surface area (Å²) in [6.07, 6.45) is 5.84. The molecule has 0 N–H and O–H groups in total. The van der Waals surface area contributed by atoms with Gasteiger partial charge in [-0.1, -0.05) is 18.1 Å². The first-order valence-electron chi connectivity index (χ1n) is 9.94. The first kappa shape index (κ1) is 26.0. The van der Waals surface area contributed by atoms with Gasteiger partial charge in [-0.2, -0.15) is 0 Å². The Bertz CT molecular complexity index is 573. The van der Waals surface area contributed by atoms with Crippen LogP contribution < -0.4 is 4.74 Å². The third kappa shape index (κ3) is 15.9. The summed E-state index contributed by atoms with van der Waals surface area (Å²) in [5.41, 5.74) is 0.586. The van der Waals surface area contributed by atoms with Crippen LogP contribution in [0, 0.1) is 12.3 Å². The maximum absolute atomic E-state index is 10.7. The highest BCUT2D eigenvalue weighted by molar-refractivity contribution is 5.75. The van der Waals surface area contributed by atoms with Gasteiger partial charge in [0.25, 0.3) is 0 Å². The smallest absolute Gasteiger partial charge is 0.150 e. The van der Waals surface area contributed by atoms with E-state index in [-0.39, 0.29) is 0 Å². The van der Waals surface area contributed by atoms with E-state index in [0.717, 1.165) is 6.29 Å². The molecule has 0 fully saturated rings. The Morgan fingerprint density at radius 2 is 1.17 bits per heavy atom. The van der Waals surface area contributed by atoms with Crippen molar-refractivity contribution in [2.45, 2.75) is 0 Å². The Morgan fingerprint density at radius 3 is 1.63 bits per heavy atom. The van der Waals surface area contributed by atoms with E-state index in [1.807, 2.05) is 0 Å². The van der Waals surface area contributed by atoms with E-state index in [0.29, 0.717) is 97.2 Å². The monoisotopic (exact) mass is 424 g/mol. The lowest BCUT2D eigenvalue weighted by molar-refractivity contribution is -0.0167. The molecule has 0 unspecified atom stereocenters. The van der Waals surface area contributed by atoms with Crippen molar-refractivity contribution in [3.63, 3.8) is 0 Å². The van der Waals surface area contributed by atoms with Crippen molar-refractivity contribution in [3.8, 4) is 18.1 Å². The largest absolute Gasteiger partial charge is 0.491 e. The number of hydrogen-bond acceptors (Lipinski definition) is 8. The van der Waals surface area contributed by atoms with Gasteiger partial charge in [-0.3, -0.25) is 4.79 Å². The number of ether oxygens (including phenoxy) is 7. The van der Waals surface area contributed by atoms with Crippen LogP contribution in [-0.4, -0.2) is 92.2 Å². The molecule has 8 heteroatoms. The molecule has 0 spiro atoms. The number of carbonyl (C=O) groups is 1. The van der Waals surface area contributed by atoms with E-state index < -0.39 is 0 Å². The van der Waals surface area contributed by atoms with Crippen LogP contribution in [0.3, 0.4) is 0 Å². The van der Waals surface area contributed by atoms with Crippen molar-refractivity contribution in [2.75, 3.05) is 85.9 Å². The minimum Gasteiger partial charge on any atom is -0.491 e. The van der Waals surface area contributed by atoms with Gasteiger partial charge in [-0.25, -0.2) is 0 Å². The average Bonchev–Trinajstić information content (AvgIpc) is 2.78. The minimum atomic E-state index is 0.308. The SMILES string of the molecule is C#CCOCCOCCOCCOCCOCCOCCOc1cccc(C=O)c1. The molecule has 8 nitrogen and oxygen atoms in total. The van der Waals surface area contributed by atoms with Crippen molar-refractivity contribution >= 4 is 6.29 Å². The maximum Gasteiger partial charge on any atom is 0.150 e. The van der Waals surface area contributed by atoms with Gasteiger partial charge in [0.2, 0.25) is 0 Å². The Labute approximate surface area is 178 Å². The fourth-order valence-electron chi connectivity index (χ4n) is 2.13. The van der Waals surface area contributed by atoms with Crippen molar-refractivity contribution in [3.05, 3.63) is 29.8 Å². The number of rotatable bonds is 21. The molecule has 0 atom stereocenters. The predicted octanol–water partition coefficient (Wildman–Crippen LogP) is 1.61. The molecular formula is C22H32O8. The number of hydrogen-bond donors (Lipinski definition) is 0. The van der Waals surface area contributed by atoms with Crippen LogP contribution in [0.25, 0.3) is 0 Å². The van der Waals surface area contributed by atoms with E-state index >= 15 is 0 Å². The van der Waals surface area contributed by atoms with Crippen LogP contribution in [0.4, 0.5) is 0 Å². The van der Waals surface area contributed by atoms with Gasteiger partial charge in [0.05, 0.1) is 72.7 Å². The molecule has 0 aliphatic heterocycles. The molecule has 168 valence electrons. The molecule has 0 saturated heterocycles. The lowest BCUT2D eigenvalue weighted by Crippen LogP contribution is -2.14. The predicted molar refractivity (Wildman–Crippen MR) is 111 cm³/mol. The van der Waals surface area contributed by atoms with E-state index in [1.165, 1.54) is 0 Å². The first-order valence-corrected chi connectivity index (χ1v) is 9.94. The van der Waals surface area contributed by atoms with Gasteiger partial charge in [0.1, 0.15) is 25.2 Å². The molecule has 0 radical (unpaired) electrons. The molecule has 0 saturated carbocycles. The number of carbonyl (C=O) groups excluding carboxylic acids is 1. The Morgan fingerprint density at radius 1 is 0.700 bits per heavy atom. The summed E-state index contributed by atoms with van der Waals surface area (Å²) in [4.78, 5) is 10.7. The van der Waals surface area contributed by atoms with E-state index in [1.54, 1.807) is 24.3 Å². The molecule has 1 aromatic rings. The third-order valence-electron chi connectivity index (χ3n) is 3.54. The van der Waals surface area contributed by atoms with Crippen LogP contribution >= 0.6 is 0 Å². The van der Waals surface area contributed by atoms with Gasteiger partial charge >= 0.3 is 0 Å². The average molecular weight is 424 g/mol. The molecule has 1 rings (SSSR count). The molecule has 1 aromatic carbocycles. The lowest BCUT2D eigenvalue weighted by Gasteiger charge is -2.09. The molecule has 0 aliphatic carbocycles. The zero-order valence-electron chi connectivity index (χ0n) is 17.4. The molecule has 0 aliphatic rings. The quantitative estimate of drug-likeness (QED) is 0.167. The van der Waals surface area contributed by atoms with Gasteiger partial charge in [0, 0.05) is 5.56 Å². The fourth-order valence-corrected chi connectivity index (χ4v) is 2.13. The molecule has 30 heavy (non-hydrogen) atoms. The second-order valence-corrected chi connectivity index (χ2v) is 5.86. The highest BCUT2D eigenvalue weighted by Gasteiger charge is 1.97. The summed E-state index contributed by atoms with van der Waals surface area (Å²) < 4.78 is 37.5. The van der Waals surface area contributed by atoms with E-state index in [4.69, 9.17) is 39.6 Å². The fraction of sp³-hybridized carbons (Fsp3) is 0.591. The number of aldehydes is 1. The van der Waals surface area contributed by atoms with Gasteiger partial charge in [-0.05, 0) is 12.1 Å². The van der Waals surface area contributed by atoms with E-state index in [2.05, 4.69) is 5.92 Å². The standard InChI is InChI=1S/C22H32O8/c1-2-6-24-7-8-25-9-10-26-11-12-27-13-14-28-15-16-29-17-18-30-22-5-3-4-21(19-22)20-23/h1,3-5,19-20H,6-18H2. The number of benzene rings is 1. The molecule has 0 amide bonds. The minimum absolute atomic E-state index is 0.308. The summed E-state index contributed by atoms with van der Waals surface area (Å²) >= 11 is 0. The van der Waals surface area contributed by atoms with Crippen LogP contribution in [0.1, 0.15) is 10.4 Å². The second kappa shape index (κ2) is 20.3. The topological polar surface area (TPSA) is 81.7 Å². The zero-order valence-corrected chi connectivity index (χ0v) is 17.4. The molecule has 0 heterocycles. The zero-order chi connectivity index (χ0) is 21.5. The van der Waals surface area contributed by atoms with Gasteiger partial charge < -0.3 is 33.2 Å². The Kier molecular flexibility index (Phi) is 17.6. The Balaban J connectivity index is 1.74. The van der Waals surface area contributed by atoms with Crippen LogP contribution in [-0.2, 0) is 28.4 Å². The summed E-state index contributed by atoms with van der Waals surface area (Å²) in [5.74, 6) is 3.04. The summed E-state index contributed by atoms with van der Waals surface area (Å²) in [6.45, 7) is 6.18. The second-order valence-electron chi connectivity index (χ2n) is 5.86.